The molecule has 0 atom stereocenters. The molecule has 2 amide bonds. The van der Waals surface area contributed by atoms with Gasteiger partial charge in [-0.2, -0.15) is 0 Å². The maximum absolute atomic E-state index is 11.6. The van der Waals surface area contributed by atoms with Crippen molar-refractivity contribution in [3.63, 3.8) is 0 Å². The van der Waals surface area contributed by atoms with Crippen LogP contribution in [0, 0.1) is 5.92 Å². The summed E-state index contributed by atoms with van der Waals surface area (Å²) in [6.07, 6.45) is 7.52. The minimum atomic E-state index is -1.11. The van der Waals surface area contributed by atoms with Crippen LogP contribution in [-0.4, -0.2) is 23.7 Å². The van der Waals surface area contributed by atoms with Crippen molar-refractivity contribution in [1.29, 1.82) is 0 Å². The molecular weight excluding hydrogens is 272 g/mol. The van der Waals surface area contributed by atoms with E-state index in [9.17, 15) is 9.59 Å². The van der Waals surface area contributed by atoms with Crippen LogP contribution < -0.4 is 10.6 Å². The summed E-state index contributed by atoms with van der Waals surface area (Å²) in [5.41, 5.74) is 0. The summed E-state index contributed by atoms with van der Waals surface area (Å²) in [7, 11) is 0. The van der Waals surface area contributed by atoms with E-state index in [2.05, 4.69) is 10.6 Å². The highest BCUT2D eigenvalue weighted by Crippen LogP contribution is 2.25. The Kier molecular flexibility index (Phi) is 5.66. The summed E-state index contributed by atoms with van der Waals surface area (Å²) in [4.78, 5) is 22.3. The number of carboxylic acids is 1. The van der Waals surface area contributed by atoms with Crippen molar-refractivity contribution in [1.82, 2.24) is 10.6 Å². The number of carboxylic acid groups (broad SMARTS) is 1. The summed E-state index contributed by atoms with van der Waals surface area (Å²) in [6, 6.07) is 2.67. The molecule has 1 fully saturated rings. The molecule has 0 spiro atoms. The molecule has 116 valence electrons. The van der Waals surface area contributed by atoms with Crippen LogP contribution in [0.2, 0.25) is 0 Å². The fourth-order valence-electron chi connectivity index (χ4n) is 2.68. The fraction of sp³-hybridized carbons (Fsp3) is 0.600. The predicted molar refractivity (Wildman–Crippen MR) is 77.1 cm³/mol. The summed E-state index contributed by atoms with van der Waals surface area (Å²) in [5, 5.41) is 14.2. The van der Waals surface area contributed by atoms with Gasteiger partial charge in [0, 0.05) is 6.54 Å². The van der Waals surface area contributed by atoms with Crippen LogP contribution in [0.5, 0.6) is 0 Å². The Balaban J connectivity index is 1.61. The van der Waals surface area contributed by atoms with Crippen molar-refractivity contribution in [2.45, 2.75) is 45.1 Å². The van der Waals surface area contributed by atoms with Crippen LogP contribution in [0.4, 0.5) is 4.79 Å². The average molecular weight is 294 g/mol. The number of hydrogen-bond acceptors (Lipinski definition) is 3. The number of carbonyl (C=O) groups is 2. The second-order valence-corrected chi connectivity index (χ2v) is 5.47. The Bertz CT molecular complexity index is 478. The molecule has 21 heavy (non-hydrogen) atoms. The molecule has 0 radical (unpaired) electrons. The van der Waals surface area contributed by atoms with Gasteiger partial charge >= 0.3 is 12.0 Å². The number of furan rings is 1. The first-order valence-corrected chi connectivity index (χ1v) is 7.49. The number of amides is 2. The normalized spacial score (nSPS) is 15.6. The van der Waals surface area contributed by atoms with Crippen LogP contribution in [0.3, 0.4) is 0 Å². The molecule has 0 unspecified atom stereocenters. The Morgan fingerprint density at radius 2 is 1.95 bits per heavy atom. The zero-order valence-electron chi connectivity index (χ0n) is 12.1. The van der Waals surface area contributed by atoms with Gasteiger partial charge in [0.1, 0.15) is 5.76 Å². The second kappa shape index (κ2) is 7.71. The van der Waals surface area contributed by atoms with E-state index < -0.39 is 5.97 Å². The number of hydrogen-bond donors (Lipinski definition) is 3. The third-order valence-corrected chi connectivity index (χ3v) is 3.86. The van der Waals surface area contributed by atoms with E-state index in [1.807, 2.05) is 0 Å². The summed E-state index contributed by atoms with van der Waals surface area (Å²) in [6.45, 7) is 0.859. The lowest BCUT2D eigenvalue weighted by molar-refractivity contribution is 0.0660. The van der Waals surface area contributed by atoms with Crippen LogP contribution in [-0.2, 0) is 6.54 Å². The zero-order valence-corrected chi connectivity index (χ0v) is 12.1. The van der Waals surface area contributed by atoms with Crippen molar-refractivity contribution in [2.75, 3.05) is 6.54 Å². The first kappa shape index (κ1) is 15.4. The zero-order chi connectivity index (χ0) is 15.1. The van der Waals surface area contributed by atoms with Crippen molar-refractivity contribution < 1.29 is 19.1 Å². The van der Waals surface area contributed by atoms with Gasteiger partial charge in [0.05, 0.1) is 6.54 Å². The molecule has 1 aliphatic carbocycles. The highest BCUT2D eigenvalue weighted by atomic mass is 16.4. The van der Waals surface area contributed by atoms with Gasteiger partial charge in [0.2, 0.25) is 5.76 Å². The molecular formula is C15H22N2O4. The molecule has 1 heterocycles. The van der Waals surface area contributed by atoms with Crippen LogP contribution in [0.15, 0.2) is 16.5 Å². The van der Waals surface area contributed by atoms with E-state index in [-0.39, 0.29) is 18.3 Å². The van der Waals surface area contributed by atoms with Crippen molar-refractivity contribution in [3.8, 4) is 0 Å². The van der Waals surface area contributed by atoms with E-state index in [1.165, 1.54) is 38.2 Å². The van der Waals surface area contributed by atoms with E-state index in [1.54, 1.807) is 6.07 Å². The van der Waals surface area contributed by atoms with E-state index in [0.717, 1.165) is 12.3 Å². The van der Waals surface area contributed by atoms with Crippen LogP contribution in [0.1, 0.15) is 54.8 Å². The molecule has 6 heteroatoms. The quantitative estimate of drug-likeness (QED) is 0.752. The monoisotopic (exact) mass is 294 g/mol. The number of carbonyl (C=O) groups excluding carboxylic acids is 1. The van der Waals surface area contributed by atoms with Crippen LogP contribution in [0.25, 0.3) is 0 Å². The Morgan fingerprint density at radius 3 is 2.62 bits per heavy atom. The molecule has 0 aromatic carbocycles. The molecule has 1 aromatic rings. The fourth-order valence-corrected chi connectivity index (χ4v) is 2.68. The van der Waals surface area contributed by atoms with Gasteiger partial charge in [-0.1, -0.05) is 32.1 Å². The summed E-state index contributed by atoms with van der Waals surface area (Å²) >= 11 is 0. The van der Waals surface area contributed by atoms with Crippen molar-refractivity contribution in [2.24, 2.45) is 5.92 Å². The third-order valence-electron chi connectivity index (χ3n) is 3.86. The Labute approximate surface area is 123 Å². The minimum absolute atomic E-state index is 0.121. The number of urea groups is 1. The van der Waals surface area contributed by atoms with Gasteiger partial charge in [-0.25, -0.2) is 9.59 Å². The lowest BCUT2D eigenvalue weighted by Crippen LogP contribution is -2.36. The van der Waals surface area contributed by atoms with Crippen molar-refractivity contribution in [3.05, 3.63) is 23.7 Å². The SMILES string of the molecule is O=C(NCCC1CCCCC1)NCc1ccc(C(=O)O)o1. The minimum Gasteiger partial charge on any atom is -0.475 e. The number of rotatable bonds is 6. The van der Waals surface area contributed by atoms with E-state index in [0.29, 0.717) is 12.3 Å². The largest absolute Gasteiger partial charge is 0.475 e. The van der Waals surface area contributed by atoms with Crippen LogP contribution >= 0.6 is 0 Å². The lowest BCUT2D eigenvalue weighted by Gasteiger charge is -2.21. The first-order valence-electron chi connectivity index (χ1n) is 7.49. The Morgan fingerprint density at radius 1 is 1.19 bits per heavy atom. The standard InChI is InChI=1S/C15H22N2O4/c18-14(19)13-7-6-12(21-13)10-17-15(20)16-9-8-11-4-2-1-3-5-11/h6-7,11H,1-5,8-10H2,(H,18,19)(H2,16,17,20). The molecule has 2 rings (SSSR count). The summed E-state index contributed by atoms with van der Waals surface area (Å²) < 4.78 is 5.05. The molecule has 1 aliphatic rings. The van der Waals surface area contributed by atoms with Crippen molar-refractivity contribution >= 4 is 12.0 Å². The molecule has 6 nitrogen and oxygen atoms in total. The topological polar surface area (TPSA) is 91.6 Å². The third kappa shape index (κ3) is 5.13. The number of nitrogens with one attached hydrogen (secondary N) is 2. The number of aromatic carboxylic acids is 1. The molecule has 0 bridgehead atoms. The molecule has 0 aliphatic heterocycles. The molecule has 1 aromatic heterocycles. The lowest BCUT2D eigenvalue weighted by atomic mass is 9.87. The second-order valence-electron chi connectivity index (χ2n) is 5.47. The first-order chi connectivity index (χ1) is 10.1. The maximum atomic E-state index is 11.6. The molecule has 0 saturated heterocycles. The van der Waals surface area contributed by atoms with Gasteiger partial charge < -0.3 is 20.2 Å². The molecule has 3 N–H and O–H groups in total. The Hall–Kier alpha value is -1.98. The highest BCUT2D eigenvalue weighted by Gasteiger charge is 2.13. The predicted octanol–water partition coefficient (Wildman–Crippen LogP) is 2.75. The smallest absolute Gasteiger partial charge is 0.371 e. The van der Waals surface area contributed by atoms with E-state index in [4.69, 9.17) is 9.52 Å². The van der Waals surface area contributed by atoms with Gasteiger partial charge in [-0.05, 0) is 24.5 Å². The van der Waals surface area contributed by atoms with Gasteiger partial charge in [-0.15, -0.1) is 0 Å². The van der Waals surface area contributed by atoms with Gasteiger partial charge in [0.15, 0.2) is 0 Å². The van der Waals surface area contributed by atoms with Gasteiger partial charge in [0.25, 0.3) is 0 Å². The summed E-state index contributed by atoms with van der Waals surface area (Å²) in [5.74, 6) is -0.0697. The highest BCUT2D eigenvalue weighted by molar-refractivity contribution is 5.84. The average Bonchev–Trinajstić information content (AvgIpc) is 2.95. The van der Waals surface area contributed by atoms with E-state index >= 15 is 0 Å². The maximum Gasteiger partial charge on any atom is 0.371 e. The molecule has 1 saturated carbocycles. The van der Waals surface area contributed by atoms with Gasteiger partial charge in [-0.3, -0.25) is 0 Å².